The molecule has 25 heavy (non-hydrogen) atoms. The molecule has 1 fully saturated rings. The average Bonchev–Trinajstić information content (AvgIpc) is 3.36. The Morgan fingerprint density at radius 2 is 1.84 bits per heavy atom. The van der Waals surface area contributed by atoms with Gasteiger partial charge in [-0.2, -0.15) is 5.10 Å². The summed E-state index contributed by atoms with van der Waals surface area (Å²) in [7, 11) is 0. The maximum Gasteiger partial charge on any atom is 0.255 e. The number of nitrogens with one attached hydrogen (secondary N) is 1. The molecule has 1 aromatic carbocycles. The lowest BCUT2D eigenvalue weighted by atomic mass is 10.2. The molecule has 2 aromatic heterocycles. The van der Waals surface area contributed by atoms with Gasteiger partial charge in [-0.25, -0.2) is 9.67 Å². The van der Waals surface area contributed by atoms with Crippen molar-refractivity contribution in [2.24, 2.45) is 0 Å². The van der Waals surface area contributed by atoms with E-state index in [2.05, 4.69) is 20.3 Å². The van der Waals surface area contributed by atoms with Crippen molar-refractivity contribution in [3.63, 3.8) is 0 Å². The van der Waals surface area contributed by atoms with Crippen LogP contribution in [0, 0.1) is 0 Å². The van der Waals surface area contributed by atoms with E-state index in [1.54, 1.807) is 29.2 Å². The Bertz CT molecular complexity index is 835. The first-order valence-electron chi connectivity index (χ1n) is 8.42. The molecule has 0 bridgehead atoms. The molecule has 3 aromatic rings. The first-order valence-corrected chi connectivity index (χ1v) is 8.42. The van der Waals surface area contributed by atoms with Crippen LogP contribution >= 0.6 is 0 Å². The molecular formula is C19H19N5O. The van der Waals surface area contributed by atoms with E-state index in [0.29, 0.717) is 11.3 Å². The number of hydrogen-bond acceptors (Lipinski definition) is 4. The Hall–Kier alpha value is -3.15. The van der Waals surface area contributed by atoms with E-state index in [0.717, 1.165) is 24.6 Å². The summed E-state index contributed by atoms with van der Waals surface area (Å²) in [6.45, 7) is 2.11. The minimum absolute atomic E-state index is 0.150. The third kappa shape index (κ3) is 3.38. The molecule has 1 amide bonds. The van der Waals surface area contributed by atoms with E-state index in [4.69, 9.17) is 0 Å². The van der Waals surface area contributed by atoms with Gasteiger partial charge in [0.1, 0.15) is 5.82 Å². The number of anilines is 2. The second kappa shape index (κ2) is 6.76. The number of nitrogens with zero attached hydrogens (tertiary/aromatic N) is 4. The Kier molecular flexibility index (Phi) is 4.16. The molecule has 3 heterocycles. The van der Waals surface area contributed by atoms with E-state index < -0.39 is 0 Å². The molecule has 1 saturated heterocycles. The summed E-state index contributed by atoms with van der Waals surface area (Å²) in [5, 5.41) is 7.06. The van der Waals surface area contributed by atoms with E-state index >= 15 is 0 Å². The van der Waals surface area contributed by atoms with Crippen LogP contribution in [0.1, 0.15) is 23.2 Å². The second-order valence-corrected chi connectivity index (χ2v) is 6.05. The number of carbonyl (C=O) groups is 1. The first kappa shape index (κ1) is 15.4. The van der Waals surface area contributed by atoms with Crippen molar-refractivity contribution in [3.8, 4) is 5.69 Å². The molecular weight excluding hydrogens is 314 g/mol. The average molecular weight is 333 g/mol. The van der Waals surface area contributed by atoms with Gasteiger partial charge in [0.15, 0.2) is 0 Å². The third-order valence-electron chi connectivity index (χ3n) is 4.33. The van der Waals surface area contributed by atoms with Crippen molar-refractivity contribution in [3.05, 3.63) is 66.6 Å². The Morgan fingerprint density at radius 3 is 2.48 bits per heavy atom. The van der Waals surface area contributed by atoms with Crippen LogP contribution in [0.5, 0.6) is 0 Å². The van der Waals surface area contributed by atoms with Crippen LogP contribution in [-0.2, 0) is 0 Å². The fraction of sp³-hybridized carbons (Fsp3) is 0.211. The molecule has 0 radical (unpaired) electrons. The first-order chi connectivity index (χ1) is 12.3. The molecule has 126 valence electrons. The Balaban J connectivity index is 1.42. The van der Waals surface area contributed by atoms with Crippen LogP contribution in [0.25, 0.3) is 5.69 Å². The van der Waals surface area contributed by atoms with Crippen LogP contribution in [0.4, 0.5) is 11.5 Å². The van der Waals surface area contributed by atoms with E-state index in [9.17, 15) is 4.79 Å². The van der Waals surface area contributed by atoms with Crippen molar-refractivity contribution >= 4 is 17.4 Å². The van der Waals surface area contributed by atoms with Crippen molar-refractivity contribution < 1.29 is 4.79 Å². The summed E-state index contributed by atoms with van der Waals surface area (Å²) < 4.78 is 1.75. The van der Waals surface area contributed by atoms with E-state index in [-0.39, 0.29) is 5.91 Å². The third-order valence-corrected chi connectivity index (χ3v) is 4.33. The molecule has 0 spiro atoms. The van der Waals surface area contributed by atoms with Gasteiger partial charge in [-0.15, -0.1) is 0 Å². The number of amides is 1. The van der Waals surface area contributed by atoms with Crippen LogP contribution in [0.3, 0.4) is 0 Å². The zero-order chi connectivity index (χ0) is 17.1. The highest BCUT2D eigenvalue weighted by atomic mass is 16.1. The molecule has 0 aliphatic carbocycles. The number of rotatable bonds is 4. The second-order valence-electron chi connectivity index (χ2n) is 6.05. The monoisotopic (exact) mass is 333 g/mol. The fourth-order valence-electron chi connectivity index (χ4n) is 2.98. The zero-order valence-corrected chi connectivity index (χ0v) is 13.8. The molecule has 6 heteroatoms. The highest BCUT2D eigenvalue weighted by Gasteiger charge is 2.13. The van der Waals surface area contributed by atoms with Crippen molar-refractivity contribution in [2.45, 2.75) is 12.8 Å². The molecule has 0 saturated carbocycles. The lowest BCUT2D eigenvalue weighted by Crippen LogP contribution is -2.19. The van der Waals surface area contributed by atoms with Gasteiger partial charge in [-0.3, -0.25) is 4.79 Å². The standard InChI is InChI=1S/C19H19N5O/c25-19(15-4-7-17(8-5-15)24-13-3-10-21-24)22-16-6-9-18(20-14-16)23-11-1-2-12-23/h3-10,13-14H,1-2,11-12H2,(H,22,25). The Labute approximate surface area is 146 Å². The van der Waals surface area contributed by atoms with Crippen LogP contribution in [0.2, 0.25) is 0 Å². The molecule has 1 aliphatic rings. The maximum absolute atomic E-state index is 12.4. The summed E-state index contributed by atoms with van der Waals surface area (Å²) >= 11 is 0. The van der Waals surface area contributed by atoms with Crippen LogP contribution in [0.15, 0.2) is 61.1 Å². The summed E-state index contributed by atoms with van der Waals surface area (Å²) in [6.07, 6.45) is 7.73. The molecule has 4 rings (SSSR count). The van der Waals surface area contributed by atoms with Gasteiger partial charge in [0.2, 0.25) is 0 Å². The van der Waals surface area contributed by atoms with Crippen LogP contribution in [-0.4, -0.2) is 33.8 Å². The van der Waals surface area contributed by atoms with Gasteiger partial charge in [-0.05, 0) is 55.3 Å². The van der Waals surface area contributed by atoms with Gasteiger partial charge >= 0.3 is 0 Å². The number of benzene rings is 1. The maximum atomic E-state index is 12.4. The highest BCUT2D eigenvalue weighted by molar-refractivity contribution is 6.04. The van der Waals surface area contributed by atoms with Crippen LogP contribution < -0.4 is 10.2 Å². The summed E-state index contributed by atoms with van der Waals surface area (Å²) in [5.74, 6) is 0.821. The normalized spacial score (nSPS) is 13.8. The molecule has 0 unspecified atom stereocenters. The van der Waals surface area contributed by atoms with Gasteiger partial charge in [0, 0.05) is 31.0 Å². The highest BCUT2D eigenvalue weighted by Crippen LogP contribution is 2.19. The molecule has 6 nitrogen and oxygen atoms in total. The predicted molar refractivity (Wildman–Crippen MR) is 97.2 cm³/mol. The van der Waals surface area contributed by atoms with Crippen molar-refractivity contribution in [2.75, 3.05) is 23.3 Å². The van der Waals surface area contributed by atoms with Gasteiger partial charge in [0.25, 0.3) is 5.91 Å². The zero-order valence-electron chi connectivity index (χ0n) is 13.8. The van der Waals surface area contributed by atoms with E-state index in [1.165, 1.54) is 12.8 Å². The smallest absolute Gasteiger partial charge is 0.255 e. The molecule has 1 N–H and O–H groups in total. The topological polar surface area (TPSA) is 63.1 Å². The van der Waals surface area contributed by atoms with Crippen molar-refractivity contribution in [1.82, 2.24) is 14.8 Å². The number of pyridine rings is 1. The minimum atomic E-state index is -0.150. The van der Waals surface area contributed by atoms with Gasteiger partial charge in [0.05, 0.1) is 17.6 Å². The van der Waals surface area contributed by atoms with Gasteiger partial charge in [-0.1, -0.05) is 0 Å². The quantitative estimate of drug-likeness (QED) is 0.797. The SMILES string of the molecule is O=C(Nc1ccc(N2CCCC2)nc1)c1ccc(-n2cccn2)cc1. The van der Waals surface area contributed by atoms with Gasteiger partial charge < -0.3 is 10.2 Å². The number of aromatic nitrogens is 3. The summed E-state index contributed by atoms with van der Waals surface area (Å²) in [6, 6.07) is 13.0. The lowest BCUT2D eigenvalue weighted by Gasteiger charge is -2.16. The number of carbonyl (C=O) groups excluding carboxylic acids is 1. The molecule has 0 atom stereocenters. The van der Waals surface area contributed by atoms with Crippen molar-refractivity contribution in [1.29, 1.82) is 0 Å². The Morgan fingerprint density at radius 1 is 1.04 bits per heavy atom. The van der Waals surface area contributed by atoms with E-state index in [1.807, 2.05) is 36.5 Å². The molecule has 1 aliphatic heterocycles. The largest absolute Gasteiger partial charge is 0.357 e. The minimum Gasteiger partial charge on any atom is -0.357 e. The lowest BCUT2D eigenvalue weighted by molar-refractivity contribution is 0.102. The summed E-state index contributed by atoms with van der Waals surface area (Å²) in [4.78, 5) is 19.1. The predicted octanol–water partition coefficient (Wildman–Crippen LogP) is 3.12. The fourth-order valence-corrected chi connectivity index (χ4v) is 2.98. The number of hydrogen-bond donors (Lipinski definition) is 1. The summed E-state index contributed by atoms with van der Waals surface area (Å²) in [5.41, 5.74) is 2.21.